The maximum atomic E-state index is 14.2. The van der Waals surface area contributed by atoms with Crippen LogP contribution >= 0.6 is 0 Å². The number of aliphatic hydroxyl groups is 1. The van der Waals surface area contributed by atoms with Crippen LogP contribution in [0.5, 0.6) is 5.75 Å². The van der Waals surface area contributed by atoms with E-state index in [2.05, 4.69) is 47.9 Å². The fraction of sp³-hybridized carbons (Fsp3) is 0.625. The normalized spacial score (nSPS) is 18.3. The monoisotopic (exact) mass is 1070 g/mol. The topological polar surface area (TPSA) is 449 Å². The van der Waals surface area contributed by atoms with Gasteiger partial charge in [0, 0.05) is 19.5 Å². The lowest BCUT2D eigenvalue weighted by Crippen LogP contribution is -2.59. The number of carboxylic acids is 2. The van der Waals surface area contributed by atoms with Crippen molar-refractivity contribution >= 4 is 71.0 Å². The third kappa shape index (κ3) is 21.8. The summed E-state index contributed by atoms with van der Waals surface area (Å²) in [5, 5.41) is 61.1. The van der Waals surface area contributed by atoms with Crippen molar-refractivity contribution in [3.8, 4) is 5.75 Å². The van der Waals surface area contributed by atoms with Gasteiger partial charge in [-0.3, -0.25) is 52.7 Å². The number of phenols is 1. The number of hydrogen-bond acceptors (Lipinski definition) is 16. The van der Waals surface area contributed by atoms with Crippen molar-refractivity contribution in [2.45, 2.75) is 152 Å². The van der Waals surface area contributed by atoms with Crippen LogP contribution in [0.15, 0.2) is 24.3 Å². The Bertz CT molecular complexity index is 2230. The number of rotatable bonds is 32. The zero-order valence-electron chi connectivity index (χ0n) is 42.9. The number of β-amino-alcohol motifs (C(OH)–C–C–N with tert-alkyl or cyclic N) is 1. The van der Waals surface area contributed by atoms with Gasteiger partial charge in [0.2, 0.25) is 59.1 Å². The summed E-state index contributed by atoms with van der Waals surface area (Å²) in [6, 6.07) is -4.77. The molecule has 3 rings (SSSR count). The second-order valence-corrected chi connectivity index (χ2v) is 19.2. The number of aliphatic carboxylic acids is 2. The minimum Gasteiger partial charge on any atom is -0.508 e. The standard InChI is InChI=1S/C48H74N12O16/c1-25(2)19-34(45(72)54-26(3)41(68)53-24-39(65)60-18-6-8-36(60)47(74)57-32(48(75)76)7-4-5-17-49)58-44(71)31(14-11-27-9-12-28(61)13-10-27)56-46(73)35(21-40(66)67)59-43(70)30(15-16-37(50)63)55-38(64)23-52-42(69)33-20-29(62)22-51-33/h9-10,12-13,25-26,29-36,51,61-62H,4-8,11,14-24,49H2,1-3H3,(H2,50,63)(H,52,69)(H,53,68)(H,54,72)(H,55,64)(H,56,73)(H,57,74)(H,58,71)(H,59,70)(H,66,67)(H,75,76)/t26-,29+,30-,31-,32-,33-,34-,35-,36-/m0/s1. The molecule has 2 aliphatic heterocycles. The third-order valence-electron chi connectivity index (χ3n) is 12.4. The lowest BCUT2D eigenvalue weighted by molar-refractivity contribution is -0.144. The summed E-state index contributed by atoms with van der Waals surface area (Å²) in [5.74, 6) is -11.7. The van der Waals surface area contributed by atoms with E-state index in [1.165, 1.54) is 24.0 Å². The maximum Gasteiger partial charge on any atom is 0.326 e. The molecule has 1 aromatic carbocycles. The van der Waals surface area contributed by atoms with Crippen LogP contribution in [0, 0.1) is 5.92 Å². The Balaban J connectivity index is 1.74. The fourth-order valence-corrected chi connectivity index (χ4v) is 8.31. The number of nitrogens with one attached hydrogen (secondary N) is 9. The summed E-state index contributed by atoms with van der Waals surface area (Å²) in [7, 11) is 0. The lowest BCUT2D eigenvalue weighted by Gasteiger charge is -2.27. The molecule has 0 saturated carbocycles. The van der Waals surface area contributed by atoms with Gasteiger partial charge >= 0.3 is 11.9 Å². The first-order valence-electron chi connectivity index (χ1n) is 25.2. The van der Waals surface area contributed by atoms with E-state index in [4.69, 9.17) is 11.5 Å². The number of nitrogens with two attached hydrogens (primary N) is 2. The van der Waals surface area contributed by atoms with Crippen molar-refractivity contribution in [2.75, 3.05) is 32.7 Å². The van der Waals surface area contributed by atoms with E-state index in [0.29, 0.717) is 31.4 Å². The first-order valence-corrected chi connectivity index (χ1v) is 25.2. The van der Waals surface area contributed by atoms with Gasteiger partial charge in [0.1, 0.15) is 48.0 Å². The van der Waals surface area contributed by atoms with Crippen LogP contribution in [-0.2, 0) is 64.0 Å². The van der Waals surface area contributed by atoms with Crippen LogP contribution in [0.1, 0.15) is 97.0 Å². The molecule has 0 aromatic heterocycles. The Hall–Kier alpha value is -7.46. The van der Waals surface area contributed by atoms with E-state index in [-0.39, 0.29) is 63.3 Å². The van der Waals surface area contributed by atoms with E-state index < -0.39 is 158 Å². The Kier molecular flexibility index (Phi) is 26.0. The molecule has 10 amide bonds. The largest absolute Gasteiger partial charge is 0.508 e. The molecule has 422 valence electrons. The van der Waals surface area contributed by atoms with E-state index in [0.717, 1.165) is 0 Å². The second kappa shape index (κ2) is 31.4. The number of amides is 10. The summed E-state index contributed by atoms with van der Waals surface area (Å²) in [4.78, 5) is 157. The Morgan fingerprint density at radius 3 is 1.92 bits per heavy atom. The van der Waals surface area contributed by atoms with Crippen molar-refractivity contribution in [2.24, 2.45) is 17.4 Å². The molecule has 76 heavy (non-hydrogen) atoms. The van der Waals surface area contributed by atoms with Gasteiger partial charge in [-0.15, -0.1) is 0 Å². The minimum atomic E-state index is -1.91. The second-order valence-electron chi connectivity index (χ2n) is 19.2. The quantitative estimate of drug-likeness (QED) is 0.0301. The summed E-state index contributed by atoms with van der Waals surface area (Å²) >= 11 is 0. The van der Waals surface area contributed by atoms with Crippen molar-refractivity contribution in [3.05, 3.63) is 29.8 Å². The molecule has 0 bridgehead atoms. The van der Waals surface area contributed by atoms with E-state index in [1.54, 1.807) is 26.0 Å². The highest BCUT2D eigenvalue weighted by molar-refractivity contribution is 5.98. The Morgan fingerprint density at radius 2 is 1.33 bits per heavy atom. The average Bonchev–Trinajstić information content (AvgIpc) is 4.04. The molecule has 2 fully saturated rings. The molecule has 17 N–H and O–H groups in total. The van der Waals surface area contributed by atoms with E-state index >= 15 is 0 Å². The first-order chi connectivity index (χ1) is 35.9. The van der Waals surface area contributed by atoms with Crippen LogP contribution in [0.25, 0.3) is 0 Å². The van der Waals surface area contributed by atoms with Gasteiger partial charge in [-0.25, -0.2) is 4.79 Å². The van der Waals surface area contributed by atoms with Crippen LogP contribution in [0.2, 0.25) is 0 Å². The molecule has 0 spiro atoms. The number of primary amides is 1. The first kappa shape index (κ1) is 62.8. The number of likely N-dealkylation sites (tertiary alicyclic amines) is 1. The molecule has 1 aromatic rings. The number of nitrogens with zero attached hydrogens (tertiary/aromatic N) is 1. The highest BCUT2D eigenvalue weighted by Crippen LogP contribution is 2.19. The molecule has 0 unspecified atom stereocenters. The molecule has 0 radical (unpaired) electrons. The number of carboxylic acid groups (broad SMARTS) is 2. The number of aliphatic hydroxyl groups excluding tert-OH is 1. The molecule has 2 aliphatic rings. The molecule has 2 saturated heterocycles. The van der Waals surface area contributed by atoms with Crippen LogP contribution < -0.4 is 59.3 Å². The van der Waals surface area contributed by atoms with Crippen molar-refractivity contribution in [3.63, 3.8) is 0 Å². The number of aryl methyl sites for hydroxylation is 1. The van der Waals surface area contributed by atoms with Gasteiger partial charge in [0.15, 0.2) is 0 Å². The molecular formula is C48H74N12O16. The summed E-state index contributed by atoms with van der Waals surface area (Å²) in [5.41, 5.74) is 11.4. The average molecular weight is 1080 g/mol. The maximum absolute atomic E-state index is 14.2. The molecule has 28 heteroatoms. The smallest absolute Gasteiger partial charge is 0.326 e. The Labute approximate surface area is 438 Å². The summed E-state index contributed by atoms with van der Waals surface area (Å²) in [6.07, 6.45) is -0.852. The van der Waals surface area contributed by atoms with Gasteiger partial charge < -0.3 is 84.6 Å². The molecular weight excluding hydrogens is 1000 g/mol. The highest BCUT2D eigenvalue weighted by atomic mass is 16.4. The number of benzene rings is 1. The van der Waals surface area contributed by atoms with Crippen molar-refractivity contribution in [1.29, 1.82) is 0 Å². The number of phenolic OH excluding ortho intramolecular Hbond substituents is 1. The van der Waals surface area contributed by atoms with E-state index in [9.17, 15) is 78.0 Å². The van der Waals surface area contributed by atoms with Gasteiger partial charge in [0.25, 0.3) is 0 Å². The van der Waals surface area contributed by atoms with Crippen LogP contribution in [0.3, 0.4) is 0 Å². The molecule has 2 heterocycles. The van der Waals surface area contributed by atoms with Crippen LogP contribution in [0.4, 0.5) is 0 Å². The molecule has 9 atom stereocenters. The summed E-state index contributed by atoms with van der Waals surface area (Å²) < 4.78 is 0. The van der Waals surface area contributed by atoms with Gasteiger partial charge in [-0.2, -0.15) is 0 Å². The van der Waals surface area contributed by atoms with Gasteiger partial charge in [-0.1, -0.05) is 26.0 Å². The zero-order valence-corrected chi connectivity index (χ0v) is 42.9. The lowest BCUT2D eigenvalue weighted by atomic mass is 10.00. The number of unbranched alkanes of at least 4 members (excludes halogenated alkanes) is 1. The van der Waals surface area contributed by atoms with Crippen LogP contribution in [-0.4, -0.2) is 183 Å². The van der Waals surface area contributed by atoms with E-state index in [1.807, 2.05) is 0 Å². The number of carbonyl (C=O) groups is 12. The Morgan fingerprint density at radius 1 is 0.711 bits per heavy atom. The predicted octanol–water partition coefficient (Wildman–Crippen LogP) is -4.80. The number of hydrogen-bond donors (Lipinski definition) is 15. The van der Waals surface area contributed by atoms with Crippen molar-refractivity contribution < 1.29 is 78.0 Å². The SMILES string of the molecule is CC(C)C[C@H](NC(=O)[C@H](CCc1ccc(O)cc1)NC(=O)[C@H](CC(=O)O)NC(=O)[C@H](CCC(N)=O)NC(=O)CNC(=O)[C@@H]1C[C@@H](O)CN1)C(=O)N[C@@H](C)C(=O)NCC(=O)N1CCC[C@H]1C(=O)N[C@@H](CCCCN)C(=O)O. The van der Waals surface area contributed by atoms with Gasteiger partial charge in [-0.05, 0) is 101 Å². The highest BCUT2D eigenvalue weighted by Gasteiger charge is 2.37. The summed E-state index contributed by atoms with van der Waals surface area (Å²) in [6.45, 7) is 4.24. The zero-order chi connectivity index (χ0) is 56.6. The number of aromatic hydroxyl groups is 1. The number of carbonyl (C=O) groups excluding carboxylic acids is 10. The minimum absolute atomic E-state index is 0.00240. The fourth-order valence-electron chi connectivity index (χ4n) is 8.31. The van der Waals surface area contributed by atoms with Gasteiger partial charge in [0.05, 0.1) is 31.7 Å². The van der Waals surface area contributed by atoms with Crippen molar-refractivity contribution in [1.82, 2.24) is 52.8 Å². The molecule has 0 aliphatic carbocycles. The third-order valence-corrected chi connectivity index (χ3v) is 12.4. The molecule has 28 nitrogen and oxygen atoms in total. The predicted molar refractivity (Wildman–Crippen MR) is 268 cm³/mol.